The summed E-state index contributed by atoms with van der Waals surface area (Å²) in [6, 6.07) is 0. The van der Waals surface area contributed by atoms with Gasteiger partial charge in [-0.3, -0.25) is 9.11 Å². The molecule has 2 N–H and O–H groups in total. The van der Waals surface area contributed by atoms with E-state index in [9.17, 15) is 16.8 Å². The maximum absolute atomic E-state index is 10.0. The number of hydrogen-bond donors (Lipinski definition) is 2. The molecule has 10 heteroatoms. The predicted molar refractivity (Wildman–Crippen MR) is 52.0 cm³/mol. The van der Waals surface area contributed by atoms with Gasteiger partial charge in [0.2, 0.25) is 0 Å². The van der Waals surface area contributed by atoms with E-state index >= 15 is 0 Å². The Morgan fingerprint density at radius 2 is 1.12 bits per heavy atom. The lowest BCUT2D eigenvalue weighted by molar-refractivity contribution is 0.272. The van der Waals surface area contributed by atoms with Gasteiger partial charge >= 0.3 is 20.8 Å². The molecule has 0 saturated heterocycles. The van der Waals surface area contributed by atoms with E-state index in [2.05, 4.69) is 20.2 Å². The molecule has 0 spiro atoms. The van der Waals surface area contributed by atoms with Crippen molar-refractivity contribution in [2.45, 2.75) is 12.8 Å². The van der Waals surface area contributed by atoms with Gasteiger partial charge < -0.3 is 0 Å². The highest BCUT2D eigenvalue weighted by molar-refractivity contribution is 7.81. The van der Waals surface area contributed by atoms with Crippen LogP contribution in [0.3, 0.4) is 0 Å². The summed E-state index contributed by atoms with van der Waals surface area (Å²) in [5.74, 6) is 4.87. The maximum Gasteiger partial charge on any atom is 0.397 e. The molecule has 0 aromatic rings. The van der Waals surface area contributed by atoms with E-state index < -0.39 is 20.8 Å². The summed E-state index contributed by atoms with van der Waals surface area (Å²) in [5, 5.41) is 0. The molecule has 0 saturated carbocycles. The van der Waals surface area contributed by atoms with Crippen LogP contribution in [0.1, 0.15) is 12.8 Å². The Morgan fingerprint density at radius 3 is 1.38 bits per heavy atom. The standard InChI is InChI=1S/C6H10O8S2/c7-15(8,9)13-5-3-1-2-4-6-14-16(10,11)12/h3-6H2,(H,7,8,9)(H,10,11,12). The van der Waals surface area contributed by atoms with E-state index in [1.54, 1.807) is 0 Å². The van der Waals surface area contributed by atoms with E-state index in [-0.39, 0.29) is 26.1 Å². The summed E-state index contributed by atoms with van der Waals surface area (Å²) in [6.45, 7) is -0.601. The van der Waals surface area contributed by atoms with Crippen molar-refractivity contribution in [1.29, 1.82) is 0 Å². The van der Waals surface area contributed by atoms with E-state index in [0.717, 1.165) is 0 Å². The minimum Gasteiger partial charge on any atom is -0.264 e. The van der Waals surface area contributed by atoms with E-state index in [1.807, 2.05) is 0 Å². The predicted octanol–water partition coefficient (Wildman–Crippen LogP) is -0.591. The van der Waals surface area contributed by atoms with Crippen LogP contribution in [0.2, 0.25) is 0 Å². The Morgan fingerprint density at radius 1 is 0.812 bits per heavy atom. The molecular weight excluding hydrogens is 264 g/mol. The van der Waals surface area contributed by atoms with Gasteiger partial charge in [0.15, 0.2) is 0 Å². The Labute approximate surface area is 93.5 Å². The lowest BCUT2D eigenvalue weighted by Gasteiger charge is -1.94. The van der Waals surface area contributed by atoms with Crippen LogP contribution in [0.25, 0.3) is 0 Å². The summed E-state index contributed by atoms with van der Waals surface area (Å²) in [6.07, 6.45) is 0.0946. The second-order valence-corrected chi connectivity index (χ2v) is 4.54. The third-order valence-electron chi connectivity index (χ3n) is 1.04. The molecule has 8 nitrogen and oxygen atoms in total. The molecule has 0 amide bonds. The molecule has 0 aliphatic heterocycles. The van der Waals surface area contributed by atoms with Crippen molar-refractivity contribution in [2.75, 3.05) is 13.2 Å². The topological polar surface area (TPSA) is 127 Å². The fourth-order valence-corrected chi connectivity index (χ4v) is 1.16. The van der Waals surface area contributed by atoms with Gasteiger partial charge in [0.1, 0.15) is 0 Å². The second-order valence-electron chi connectivity index (χ2n) is 2.35. The average Bonchev–Trinajstić information content (AvgIpc) is 2.06. The first-order valence-corrected chi connectivity index (χ1v) is 6.63. The van der Waals surface area contributed by atoms with Crippen molar-refractivity contribution in [3.05, 3.63) is 0 Å². The zero-order chi connectivity index (χ0) is 12.7. The third kappa shape index (κ3) is 13.3. The van der Waals surface area contributed by atoms with Crippen LogP contribution in [-0.4, -0.2) is 39.2 Å². The van der Waals surface area contributed by atoms with Crippen LogP contribution in [0.4, 0.5) is 0 Å². The first-order chi connectivity index (χ1) is 7.21. The Balaban J connectivity index is 3.58. The second kappa shape index (κ2) is 6.79. The fraction of sp³-hybridized carbons (Fsp3) is 0.667. The van der Waals surface area contributed by atoms with Crippen LogP contribution < -0.4 is 0 Å². The largest absolute Gasteiger partial charge is 0.397 e. The van der Waals surface area contributed by atoms with Crippen LogP contribution in [-0.2, 0) is 29.2 Å². The van der Waals surface area contributed by atoms with Crippen molar-refractivity contribution in [3.8, 4) is 11.8 Å². The quantitative estimate of drug-likeness (QED) is 0.373. The zero-order valence-electron chi connectivity index (χ0n) is 7.99. The zero-order valence-corrected chi connectivity index (χ0v) is 9.62. The molecule has 94 valence electrons. The summed E-state index contributed by atoms with van der Waals surface area (Å²) in [4.78, 5) is 0. The number of rotatable bonds is 6. The first-order valence-electron chi connectivity index (χ1n) is 3.90. The lowest BCUT2D eigenvalue weighted by atomic mass is 10.4. The average molecular weight is 274 g/mol. The summed E-state index contributed by atoms with van der Waals surface area (Å²) < 4.78 is 64.4. The van der Waals surface area contributed by atoms with Crippen LogP contribution >= 0.6 is 0 Å². The molecule has 0 atom stereocenters. The van der Waals surface area contributed by atoms with Crippen molar-refractivity contribution in [3.63, 3.8) is 0 Å². The van der Waals surface area contributed by atoms with Gasteiger partial charge in [-0.25, -0.2) is 8.37 Å². The van der Waals surface area contributed by atoms with Crippen molar-refractivity contribution in [2.24, 2.45) is 0 Å². The van der Waals surface area contributed by atoms with Gasteiger partial charge in [-0.2, -0.15) is 16.8 Å². The molecule has 0 aliphatic carbocycles. The highest BCUT2D eigenvalue weighted by Gasteiger charge is 2.02. The normalized spacial score (nSPS) is 11.9. The molecule has 0 bridgehead atoms. The van der Waals surface area contributed by atoms with Crippen molar-refractivity contribution in [1.82, 2.24) is 0 Å². The highest BCUT2D eigenvalue weighted by atomic mass is 32.3. The molecule has 0 aliphatic rings. The van der Waals surface area contributed by atoms with Gasteiger partial charge in [0, 0.05) is 12.8 Å². The molecular formula is C6H10O8S2. The molecule has 0 aromatic carbocycles. The molecule has 0 aromatic heterocycles. The molecule has 0 unspecified atom stereocenters. The van der Waals surface area contributed by atoms with Crippen LogP contribution in [0, 0.1) is 11.8 Å². The molecule has 0 heterocycles. The molecule has 0 radical (unpaired) electrons. The molecule has 0 fully saturated rings. The summed E-state index contributed by atoms with van der Waals surface area (Å²) >= 11 is 0. The Hall–Kier alpha value is -0.700. The van der Waals surface area contributed by atoms with Crippen molar-refractivity contribution < 1.29 is 34.3 Å². The van der Waals surface area contributed by atoms with Crippen LogP contribution in [0.15, 0.2) is 0 Å². The Kier molecular flexibility index (Phi) is 6.49. The smallest absolute Gasteiger partial charge is 0.264 e. The first kappa shape index (κ1) is 15.3. The fourth-order valence-electron chi connectivity index (χ4n) is 0.573. The van der Waals surface area contributed by atoms with E-state index in [0.29, 0.717) is 0 Å². The summed E-state index contributed by atoms with van der Waals surface area (Å²) in [5.41, 5.74) is 0. The van der Waals surface area contributed by atoms with E-state index in [1.165, 1.54) is 0 Å². The highest BCUT2D eigenvalue weighted by Crippen LogP contribution is 1.90. The lowest BCUT2D eigenvalue weighted by Crippen LogP contribution is -2.04. The third-order valence-corrected chi connectivity index (χ3v) is 1.97. The van der Waals surface area contributed by atoms with E-state index in [4.69, 9.17) is 9.11 Å². The van der Waals surface area contributed by atoms with Crippen molar-refractivity contribution >= 4 is 20.8 Å². The molecule has 16 heavy (non-hydrogen) atoms. The number of hydrogen-bond acceptors (Lipinski definition) is 6. The van der Waals surface area contributed by atoms with Gasteiger partial charge in [0.05, 0.1) is 13.2 Å². The SMILES string of the molecule is O=S(=O)(O)OCCC#CCCOS(=O)(=O)O. The van der Waals surface area contributed by atoms with Gasteiger partial charge in [-0.1, -0.05) is 0 Å². The maximum atomic E-state index is 10.0. The summed E-state index contributed by atoms with van der Waals surface area (Å²) in [7, 11) is -8.89. The minimum absolute atomic E-state index is 0.0473. The Bertz CT molecular complexity index is 408. The minimum atomic E-state index is -4.45. The monoisotopic (exact) mass is 274 g/mol. The van der Waals surface area contributed by atoms with Crippen LogP contribution in [0.5, 0.6) is 0 Å². The van der Waals surface area contributed by atoms with Gasteiger partial charge in [0.25, 0.3) is 0 Å². The van der Waals surface area contributed by atoms with Gasteiger partial charge in [-0.15, -0.1) is 11.8 Å². The van der Waals surface area contributed by atoms with Gasteiger partial charge in [-0.05, 0) is 0 Å². The molecule has 0 rings (SSSR count).